The van der Waals surface area contributed by atoms with Gasteiger partial charge in [-0.2, -0.15) is 13.2 Å². The molecule has 1 aliphatic rings. The van der Waals surface area contributed by atoms with Gasteiger partial charge in [-0.05, 0) is 51.0 Å². The van der Waals surface area contributed by atoms with Gasteiger partial charge in [0.05, 0.1) is 17.7 Å². The molecule has 0 spiro atoms. The Labute approximate surface area is 190 Å². The molecule has 0 aliphatic carbocycles. The van der Waals surface area contributed by atoms with Crippen LogP contribution >= 0.6 is 0 Å². The summed E-state index contributed by atoms with van der Waals surface area (Å²) in [6, 6.07) is 13.8. The van der Waals surface area contributed by atoms with Gasteiger partial charge in [-0.1, -0.05) is 35.5 Å². The van der Waals surface area contributed by atoms with E-state index in [1.165, 1.54) is 12.1 Å². The lowest BCUT2D eigenvalue weighted by Crippen LogP contribution is -2.37. The summed E-state index contributed by atoms with van der Waals surface area (Å²) in [4.78, 5) is 17.1. The van der Waals surface area contributed by atoms with Gasteiger partial charge in [-0.25, -0.2) is 0 Å². The smallest absolute Gasteiger partial charge is 0.340 e. The van der Waals surface area contributed by atoms with Gasteiger partial charge in [0.1, 0.15) is 5.69 Å². The molecule has 1 saturated heterocycles. The third-order valence-electron chi connectivity index (χ3n) is 5.88. The number of carbonyl (C=O) groups excluding carboxylic acids is 1. The number of rotatable bonds is 6. The highest BCUT2D eigenvalue weighted by atomic mass is 19.4. The lowest BCUT2D eigenvalue weighted by atomic mass is 10.0. The first-order chi connectivity index (χ1) is 15.8. The van der Waals surface area contributed by atoms with Gasteiger partial charge in [0.25, 0.3) is 5.91 Å². The maximum Gasteiger partial charge on any atom is 0.416 e. The summed E-state index contributed by atoms with van der Waals surface area (Å²) in [7, 11) is 0. The minimum Gasteiger partial charge on any atom is -0.340 e. The first kappa shape index (κ1) is 22.9. The topological polar surface area (TPSA) is 49.6 Å². The number of nitrogens with zero attached hydrogens (tertiary/aromatic N) is 3. The molecule has 0 radical (unpaired) electrons. The van der Waals surface area contributed by atoms with Gasteiger partial charge in [0.2, 0.25) is 5.88 Å². The predicted octanol–water partition coefficient (Wildman–Crippen LogP) is 6.01. The normalized spacial score (nSPS) is 14.2. The van der Waals surface area contributed by atoms with Gasteiger partial charge < -0.3 is 14.3 Å². The van der Waals surface area contributed by atoms with Gasteiger partial charge in [0.15, 0.2) is 0 Å². The summed E-state index contributed by atoms with van der Waals surface area (Å²) >= 11 is 0. The molecule has 5 nitrogen and oxygen atoms in total. The van der Waals surface area contributed by atoms with E-state index >= 15 is 0 Å². The Bertz CT molecular complexity index is 1090. The quantitative estimate of drug-likeness (QED) is 0.455. The molecule has 1 fully saturated rings. The second kappa shape index (κ2) is 9.29. The zero-order valence-corrected chi connectivity index (χ0v) is 18.6. The summed E-state index contributed by atoms with van der Waals surface area (Å²) in [5, 5.41) is 4.33. The van der Waals surface area contributed by atoms with Crippen LogP contribution in [0, 0.1) is 0 Å². The molecule has 1 aliphatic heterocycles. The zero-order valence-electron chi connectivity index (χ0n) is 18.6. The lowest BCUT2D eigenvalue weighted by molar-refractivity contribution is -0.137. The van der Waals surface area contributed by atoms with E-state index in [0.29, 0.717) is 11.6 Å². The SMILES string of the molecule is CC(C)N(Cc1c(-c2ccccc2)noc1N1CCCC1)C(=O)c1ccc(C(F)(F)F)cc1. The van der Waals surface area contributed by atoms with Crippen LogP contribution in [0.3, 0.4) is 0 Å². The third kappa shape index (κ3) is 4.89. The van der Waals surface area contributed by atoms with E-state index in [1.54, 1.807) is 4.90 Å². The monoisotopic (exact) mass is 457 g/mol. The Morgan fingerprint density at radius 3 is 2.27 bits per heavy atom. The molecule has 1 amide bonds. The van der Waals surface area contributed by atoms with Crippen LogP contribution in [0.5, 0.6) is 0 Å². The molecule has 4 rings (SSSR count). The summed E-state index contributed by atoms with van der Waals surface area (Å²) in [6.07, 6.45) is -2.34. The van der Waals surface area contributed by atoms with Crippen molar-refractivity contribution >= 4 is 11.8 Å². The lowest BCUT2D eigenvalue weighted by Gasteiger charge is -2.28. The van der Waals surface area contributed by atoms with E-state index in [0.717, 1.165) is 49.2 Å². The van der Waals surface area contributed by atoms with E-state index in [9.17, 15) is 18.0 Å². The van der Waals surface area contributed by atoms with Crippen LogP contribution in [-0.4, -0.2) is 35.1 Å². The van der Waals surface area contributed by atoms with Crippen LogP contribution in [0.1, 0.15) is 48.2 Å². The number of alkyl halides is 3. The summed E-state index contributed by atoms with van der Waals surface area (Å²) in [5.41, 5.74) is 1.78. The molecule has 0 saturated carbocycles. The maximum atomic E-state index is 13.3. The molecular formula is C25H26F3N3O2. The molecule has 0 N–H and O–H groups in total. The van der Waals surface area contributed by atoms with E-state index in [1.807, 2.05) is 44.2 Å². The fourth-order valence-corrected chi connectivity index (χ4v) is 4.06. The summed E-state index contributed by atoms with van der Waals surface area (Å²) < 4.78 is 44.6. The molecule has 174 valence electrons. The van der Waals surface area contributed by atoms with Crippen molar-refractivity contribution in [2.45, 2.75) is 45.5 Å². The van der Waals surface area contributed by atoms with Crippen LogP contribution in [0.2, 0.25) is 0 Å². The largest absolute Gasteiger partial charge is 0.416 e. The molecule has 1 aromatic heterocycles. The van der Waals surface area contributed by atoms with Crippen LogP contribution in [-0.2, 0) is 12.7 Å². The number of carbonyl (C=O) groups is 1. The molecule has 0 unspecified atom stereocenters. The van der Waals surface area contributed by atoms with Gasteiger partial charge >= 0.3 is 6.18 Å². The number of hydrogen-bond acceptors (Lipinski definition) is 4. The summed E-state index contributed by atoms with van der Waals surface area (Å²) in [5.74, 6) is 0.309. The average molecular weight is 457 g/mol. The highest BCUT2D eigenvalue weighted by Crippen LogP contribution is 2.35. The van der Waals surface area contributed by atoms with E-state index in [-0.39, 0.29) is 24.1 Å². The number of amides is 1. The highest BCUT2D eigenvalue weighted by molar-refractivity contribution is 5.94. The molecule has 2 aromatic carbocycles. The number of benzene rings is 2. The Morgan fingerprint density at radius 2 is 1.70 bits per heavy atom. The molecule has 3 aromatic rings. The van der Waals surface area contributed by atoms with Crippen molar-refractivity contribution in [3.8, 4) is 11.3 Å². The average Bonchev–Trinajstić information content (AvgIpc) is 3.46. The minimum absolute atomic E-state index is 0.190. The second-order valence-corrected chi connectivity index (χ2v) is 8.48. The van der Waals surface area contributed by atoms with Crippen molar-refractivity contribution in [2.24, 2.45) is 0 Å². The van der Waals surface area contributed by atoms with Crippen molar-refractivity contribution < 1.29 is 22.5 Å². The van der Waals surface area contributed by atoms with E-state index < -0.39 is 11.7 Å². The number of aromatic nitrogens is 1. The highest BCUT2D eigenvalue weighted by Gasteiger charge is 2.32. The number of halogens is 3. The Morgan fingerprint density at radius 1 is 1.06 bits per heavy atom. The Kier molecular flexibility index (Phi) is 6.44. The molecule has 33 heavy (non-hydrogen) atoms. The van der Waals surface area contributed by atoms with Crippen LogP contribution < -0.4 is 4.90 Å². The van der Waals surface area contributed by atoms with Crippen molar-refractivity contribution in [3.05, 3.63) is 71.3 Å². The van der Waals surface area contributed by atoms with Crippen LogP contribution in [0.25, 0.3) is 11.3 Å². The van der Waals surface area contributed by atoms with Crippen LogP contribution in [0.4, 0.5) is 19.1 Å². The molecule has 8 heteroatoms. The zero-order chi connectivity index (χ0) is 23.6. The van der Waals surface area contributed by atoms with Crippen molar-refractivity contribution in [1.29, 1.82) is 0 Å². The van der Waals surface area contributed by atoms with Gasteiger partial charge in [-0.15, -0.1) is 0 Å². The first-order valence-corrected chi connectivity index (χ1v) is 11.0. The molecule has 0 atom stereocenters. The predicted molar refractivity (Wildman–Crippen MR) is 120 cm³/mol. The van der Waals surface area contributed by atoms with E-state index in [2.05, 4.69) is 10.1 Å². The van der Waals surface area contributed by atoms with Crippen molar-refractivity contribution in [2.75, 3.05) is 18.0 Å². The van der Waals surface area contributed by atoms with E-state index in [4.69, 9.17) is 4.52 Å². The molecule has 0 bridgehead atoms. The minimum atomic E-state index is -4.45. The number of hydrogen-bond donors (Lipinski definition) is 0. The van der Waals surface area contributed by atoms with Crippen molar-refractivity contribution in [3.63, 3.8) is 0 Å². The number of anilines is 1. The standard InChI is InChI=1S/C25H26F3N3O2/c1-17(2)31(23(32)19-10-12-20(13-11-19)25(26,27)28)16-21-22(18-8-4-3-5-9-18)29-33-24(21)30-14-6-7-15-30/h3-5,8-13,17H,6-7,14-16H2,1-2H3. The van der Waals surface area contributed by atoms with Gasteiger partial charge in [0, 0.05) is 30.3 Å². The molecule has 2 heterocycles. The van der Waals surface area contributed by atoms with Gasteiger partial charge in [-0.3, -0.25) is 4.79 Å². The van der Waals surface area contributed by atoms with Crippen molar-refractivity contribution in [1.82, 2.24) is 10.1 Å². The fourth-order valence-electron chi connectivity index (χ4n) is 4.06. The fraction of sp³-hybridized carbons (Fsp3) is 0.360. The third-order valence-corrected chi connectivity index (χ3v) is 5.88. The maximum absolute atomic E-state index is 13.3. The first-order valence-electron chi connectivity index (χ1n) is 11.0. The second-order valence-electron chi connectivity index (χ2n) is 8.48. The molecular weight excluding hydrogens is 431 g/mol. The summed E-state index contributed by atoms with van der Waals surface area (Å²) in [6.45, 7) is 5.70. The Balaban J connectivity index is 1.68. The van der Waals surface area contributed by atoms with Crippen LogP contribution in [0.15, 0.2) is 59.1 Å². The Hall–Kier alpha value is -3.29.